The van der Waals surface area contributed by atoms with Gasteiger partial charge in [0.15, 0.2) is 0 Å². The van der Waals surface area contributed by atoms with Gasteiger partial charge in [0, 0.05) is 43.0 Å². The Kier molecular flexibility index (Phi) is 6.12. The zero-order valence-corrected chi connectivity index (χ0v) is 19.5. The van der Waals surface area contributed by atoms with Crippen LogP contribution < -0.4 is 0 Å². The molecule has 0 spiro atoms. The van der Waals surface area contributed by atoms with Crippen molar-refractivity contribution >= 4 is 12.1 Å². The van der Waals surface area contributed by atoms with Crippen molar-refractivity contribution in [2.45, 2.75) is 44.8 Å². The summed E-state index contributed by atoms with van der Waals surface area (Å²) in [7, 11) is 1.81. The van der Waals surface area contributed by atoms with Crippen LogP contribution in [0.15, 0.2) is 48.8 Å². The fourth-order valence-electron chi connectivity index (χ4n) is 4.17. The van der Waals surface area contributed by atoms with Crippen molar-refractivity contribution in [2.24, 2.45) is 7.05 Å². The Labute approximate surface area is 197 Å². The summed E-state index contributed by atoms with van der Waals surface area (Å²) in [6, 6.07) is 8.78. The van der Waals surface area contributed by atoms with Crippen LogP contribution in [-0.4, -0.2) is 55.0 Å². The van der Waals surface area contributed by atoms with E-state index in [1.807, 2.05) is 25.4 Å². The number of hydrogen-bond acceptors (Lipinski definition) is 5. The van der Waals surface area contributed by atoms with E-state index in [4.69, 9.17) is 4.74 Å². The number of rotatable bonds is 4. The molecule has 178 valence electrons. The van der Waals surface area contributed by atoms with Crippen LogP contribution in [0.4, 0.5) is 9.18 Å². The Bertz CT molecular complexity index is 1220. The van der Waals surface area contributed by atoms with Crippen LogP contribution in [0.3, 0.4) is 0 Å². The van der Waals surface area contributed by atoms with E-state index in [0.717, 1.165) is 16.7 Å². The second kappa shape index (κ2) is 8.89. The Balaban J connectivity index is 1.73. The molecule has 0 unspecified atom stereocenters. The fraction of sp³-hybridized carbons (Fsp3) is 0.360. The highest BCUT2D eigenvalue weighted by Gasteiger charge is 2.43. The predicted octanol–water partition coefficient (Wildman–Crippen LogP) is 4.47. The Morgan fingerprint density at radius 1 is 1.15 bits per heavy atom. The molecule has 2 aromatic heterocycles. The third-order valence-electron chi connectivity index (χ3n) is 5.72. The van der Waals surface area contributed by atoms with E-state index in [0.29, 0.717) is 11.4 Å². The number of pyridine rings is 1. The predicted molar refractivity (Wildman–Crippen MR) is 124 cm³/mol. The van der Waals surface area contributed by atoms with Gasteiger partial charge in [0.1, 0.15) is 17.5 Å². The molecule has 8 nitrogen and oxygen atoms in total. The number of aliphatic carboxylic acids is 1. The minimum absolute atomic E-state index is 0.184. The topological polar surface area (TPSA) is 97.6 Å². The lowest BCUT2D eigenvalue weighted by atomic mass is 9.91. The number of halogens is 1. The average molecular weight is 467 g/mol. The van der Waals surface area contributed by atoms with E-state index in [-0.39, 0.29) is 24.7 Å². The zero-order chi connectivity index (χ0) is 24.6. The van der Waals surface area contributed by atoms with E-state index in [1.165, 1.54) is 17.0 Å². The number of amides is 1. The lowest BCUT2D eigenvalue weighted by Crippen LogP contribution is -2.43. The molecule has 34 heavy (non-hydrogen) atoms. The van der Waals surface area contributed by atoms with Gasteiger partial charge < -0.3 is 9.84 Å². The van der Waals surface area contributed by atoms with Gasteiger partial charge in [-0.1, -0.05) is 0 Å². The standard InChI is InChI=1S/C25H27FN4O4/c1-25(2,3)34-24(33)30-14-16(11-22(30)23(31)32)19-13-27-21(15-5-7-17(26)8-6-15)12-18(19)20-9-10-29(4)28-20/h5-10,12-13,16,22H,11,14H2,1-4H3,(H,31,32)/t16-,22-/m1/s1. The zero-order valence-electron chi connectivity index (χ0n) is 19.5. The minimum Gasteiger partial charge on any atom is -0.480 e. The van der Waals surface area contributed by atoms with Crippen LogP contribution in [0.25, 0.3) is 22.5 Å². The summed E-state index contributed by atoms with van der Waals surface area (Å²) in [5, 5.41) is 14.3. The lowest BCUT2D eigenvalue weighted by Gasteiger charge is -2.26. The summed E-state index contributed by atoms with van der Waals surface area (Å²) < 4.78 is 20.5. The molecule has 0 saturated carbocycles. The number of benzene rings is 1. The number of aromatic nitrogens is 3. The smallest absolute Gasteiger partial charge is 0.411 e. The molecule has 3 heterocycles. The summed E-state index contributed by atoms with van der Waals surface area (Å²) in [6.07, 6.45) is 3.09. The highest BCUT2D eigenvalue weighted by Crippen LogP contribution is 2.38. The van der Waals surface area contributed by atoms with E-state index < -0.39 is 23.7 Å². The minimum atomic E-state index is -1.08. The second-order valence-electron chi connectivity index (χ2n) is 9.46. The number of carbonyl (C=O) groups is 2. The summed E-state index contributed by atoms with van der Waals surface area (Å²) >= 11 is 0. The normalized spacial score (nSPS) is 18.2. The molecule has 1 amide bonds. The fourth-order valence-corrected chi connectivity index (χ4v) is 4.17. The molecule has 1 aliphatic rings. The van der Waals surface area contributed by atoms with Gasteiger partial charge in [0.2, 0.25) is 0 Å². The van der Waals surface area contributed by atoms with Crippen molar-refractivity contribution in [3.63, 3.8) is 0 Å². The van der Waals surface area contributed by atoms with Gasteiger partial charge in [0.25, 0.3) is 0 Å². The first-order valence-corrected chi connectivity index (χ1v) is 11.0. The number of nitrogens with zero attached hydrogens (tertiary/aromatic N) is 4. The first-order chi connectivity index (χ1) is 16.0. The van der Waals surface area contributed by atoms with Crippen LogP contribution in [0.5, 0.6) is 0 Å². The molecule has 0 aliphatic carbocycles. The number of likely N-dealkylation sites (tertiary alicyclic amines) is 1. The molecule has 0 bridgehead atoms. The van der Waals surface area contributed by atoms with Crippen LogP contribution in [0, 0.1) is 5.82 Å². The molecule has 2 atom stereocenters. The highest BCUT2D eigenvalue weighted by atomic mass is 19.1. The molecule has 1 N–H and O–H groups in total. The second-order valence-corrected chi connectivity index (χ2v) is 9.46. The third-order valence-corrected chi connectivity index (χ3v) is 5.72. The molecule has 4 rings (SSSR count). The molecule has 9 heteroatoms. The molecular weight excluding hydrogens is 439 g/mol. The lowest BCUT2D eigenvalue weighted by molar-refractivity contribution is -0.142. The Morgan fingerprint density at radius 3 is 2.44 bits per heavy atom. The van der Waals surface area contributed by atoms with Gasteiger partial charge >= 0.3 is 12.1 Å². The number of ether oxygens (including phenoxy) is 1. The van der Waals surface area contributed by atoms with Gasteiger partial charge in [-0.3, -0.25) is 14.6 Å². The summed E-state index contributed by atoms with van der Waals surface area (Å²) in [5.74, 6) is -1.69. The van der Waals surface area contributed by atoms with Crippen LogP contribution >= 0.6 is 0 Å². The Hall–Kier alpha value is -3.75. The maximum Gasteiger partial charge on any atom is 0.411 e. The third kappa shape index (κ3) is 4.93. The quantitative estimate of drug-likeness (QED) is 0.610. The van der Waals surface area contributed by atoms with E-state index in [9.17, 15) is 19.1 Å². The SMILES string of the molecule is Cn1ccc(-c2cc(-c3ccc(F)cc3)ncc2[C@@H]2C[C@H](C(=O)O)N(C(=O)OC(C)(C)C)C2)n1. The van der Waals surface area contributed by atoms with Crippen molar-refractivity contribution in [1.29, 1.82) is 0 Å². The number of aryl methyl sites for hydroxylation is 1. The van der Waals surface area contributed by atoms with Crippen molar-refractivity contribution in [3.8, 4) is 22.5 Å². The Morgan fingerprint density at radius 2 is 1.85 bits per heavy atom. The van der Waals surface area contributed by atoms with Gasteiger partial charge in [-0.15, -0.1) is 0 Å². The van der Waals surface area contributed by atoms with Crippen LogP contribution in [0.1, 0.15) is 38.7 Å². The molecule has 1 saturated heterocycles. The number of hydrogen-bond donors (Lipinski definition) is 1. The summed E-state index contributed by atoms with van der Waals surface area (Å²) in [6.45, 7) is 5.41. The first-order valence-electron chi connectivity index (χ1n) is 11.0. The van der Waals surface area contributed by atoms with Gasteiger partial charge in [-0.2, -0.15) is 5.10 Å². The first kappa shape index (κ1) is 23.4. The van der Waals surface area contributed by atoms with Gasteiger partial charge in [-0.25, -0.2) is 14.0 Å². The summed E-state index contributed by atoms with van der Waals surface area (Å²) in [4.78, 5) is 30.6. The van der Waals surface area contributed by atoms with Gasteiger partial charge in [0.05, 0.1) is 11.4 Å². The van der Waals surface area contributed by atoms with Crippen LogP contribution in [-0.2, 0) is 16.6 Å². The van der Waals surface area contributed by atoms with E-state index in [2.05, 4.69) is 10.1 Å². The van der Waals surface area contributed by atoms with Crippen molar-refractivity contribution < 1.29 is 23.8 Å². The number of carboxylic acid groups (broad SMARTS) is 1. The number of carboxylic acids is 1. The highest BCUT2D eigenvalue weighted by molar-refractivity contribution is 5.82. The molecule has 1 aromatic carbocycles. The molecule has 0 radical (unpaired) electrons. The van der Waals surface area contributed by atoms with Crippen molar-refractivity contribution in [3.05, 3.63) is 60.2 Å². The van der Waals surface area contributed by atoms with Crippen molar-refractivity contribution in [1.82, 2.24) is 19.7 Å². The van der Waals surface area contributed by atoms with Crippen LogP contribution in [0.2, 0.25) is 0 Å². The largest absolute Gasteiger partial charge is 0.480 e. The van der Waals surface area contributed by atoms with E-state index in [1.54, 1.807) is 43.8 Å². The summed E-state index contributed by atoms with van der Waals surface area (Å²) in [5.41, 5.74) is 2.93. The average Bonchev–Trinajstić information content (AvgIpc) is 3.39. The molecule has 3 aromatic rings. The molecule has 1 aliphatic heterocycles. The van der Waals surface area contributed by atoms with E-state index >= 15 is 0 Å². The maximum atomic E-state index is 13.4. The monoisotopic (exact) mass is 466 g/mol. The molecule has 1 fully saturated rings. The maximum absolute atomic E-state index is 13.4. The van der Waals surface area contributed by atoms with Gasteiger partial charge in [-0.05, 0) is 69.2 Å². The van der Waals surface area contributed by atoms with Crippen molar-refractivity contribution in [2.75, 3.05) is 6.54 Å². The molecular formula is C25H27FN4O4. The number of carbonyl (C=O) groups excluding carboxylic acids is 1.